The zero-order chi connectivity index (χ0) is 24.2. The van der Waals surface area contributed by atoms with E-state index in [1.807, 2.05) is 0 Å². The van der Waals surface area contributed by atoms with Gasteiger partial charge in [-0.2, -0.15) is 0 Å². The highest BCUT2D eigenvalue weighted by Gasteiger charge is 2.08. The van der Waals surface area contributed by atoms with Crippen LogP contribution < -0.4 is 31.9 Å². The van der Waals surface area contributed by atoms with Crippen molar-refractivity contribution in [3.8, 4) is 0 Å². The van der Waals surface area contributed by atoms with E-state index in [2.05, 4.69) is 60.3 Å². The van der Waals surface area contributed by atoms with E-state index in [-0.39, 0.29) is 19.9 Å². The summed E-state index contributed by atoms with van der Waals surface area (Å²) in [5.41, 5.74) is 0. The summed E-state index contributed by atoms with van der Waals surface area (Å²) >= 11 is 0. The lowest BCUT2D eigenvalue weighted by molar-refractivity contribution is 0.0220. The number of carbonyl (C=O) groups excluding carboxylic acids is 6. The number of rotatable bonds is 11. The maximum Gasteiger partial charge on any atom is 0.411 e. The Hall–Kier alpha value is -4.38. The molecule has 0 heterocycles. The van der Waals surface area contributed by atoms with Crippen molar-refractivity contribution in [2.45, 2.75) is 6.92 Å². The number of carbonyl (C=O) groups is 6. The molecule has 0 aliphatic carbocycles. The topological polar surface area (TPSA) is 230 Å². The predicted molar refractivity (Wildman–Crippen MR) is 98.5 cm³/mol. The van der Waals surface area contributed by atoms with Gasteiger partial charge in [0.2, 0.25) is 13.6 Å². The first-order chi connectivity index (χ1) is 15.3. The third-order valence-electron chi connectivity index (χ3n) is 2.62. The summed E-state index contributed by atoms with van der Waals surface area (Å²) in [4.78, 5) is 66.7. The van der Waals surface area contributed by atoms with E-state index in [0.29, 0.717) is 0 Å². The Morgan fingerprint density at radius 1 is 0.500 bits per heavy atom. The van der Waals surface area contributed by atoms with Crippen LogP contribution in [0.15, 0.2) is 0 Å². The molecule has 0 atom stereocenters. The van der Waals surface area contributed by atoms with Gasteiger partial charge in [-0.1, -0.05) is 0 Å². The third-order valence-corrected chi connectivity index (χ3v) is 2.62. The second-order valence-electron chi connectivity index (χ2n) is 4.77. The molecule has 0 aromatic carbocycles. The van der Waals surface area contributed by atoms with E-state index >= 15 is 0 Å². The Bertz CT molecular complexity index is 646. The fourth-order valence-electron chi connectivity index (χ4n) is 1.30. The zero-order valence-corrected chi connectivity index (χ0v) is 17.1. The van der Waals surface area contributed by atoms with Crippen molar-refractivity contribution in [1.82, 2.24) is 31.9 Å². The van der Waals surface area contributed by atoms with Crippen LogP contribution in [0.2, 0.25) is 0 Å². The van der Waals surface area contributed by atoms with E-state index in [4.69, 9.17) is 0 Å². The number of hydrogen-bond donors (Lipinski definition) is 6. The van der Waals surface area contributed by atoms with E-state index in [1.165, 1.54) is 0 Å². The molecular weight excluding hydrogens is 444 g/mol. The molecule has 0 aromatic rings. The van der Waals surface area contributed by atoms with E-state index in [9.17, 15) is 28.8 Å². The molecule has 0 rings (SSSR count). The Morgan fingerprint density at radius 3 is 1.06 bits per heavy atom. The van der Waals surface area contributed by atoms with Crippen LogP contribution in [-0.2, 0) is 28.4 Å². The van der Waals surface area contributed by atoms with E-state index in [0.717, 1.165) is 7.11 Å². The highest BCUT2D eigenvalue weighted by atomic mass is 16.7. The molecule has 0 aliphatic rings. The lowest BCUT2D eigenvalue weighted by Crippen LogP contribution is -2.40. The molecule has 18 nitrogen and oxygen atoms in total. The first kappa shape index (κ1) is 27.6. The number of ether oxygens (including phenoxy) is 6. The molecule has 182 valence electrons. The van der Waals surface area contributed by atoms with Crippen LogP contribution in [-0.4, -0.2) is 83.9 Å². The monoisotopic (exact) mass is 468 g/mol. The Balaban J connectivity index is 3.67. The minimum absolute atomic E-state index is 0.161. The molecule has 0 spiro atoms. The van der Waals surface area contributed by atoms with Gasteiger partial charge in [-0.3, -0.25) is 0 Å². The lowest BCUT2D eigenvalue weighted by Gasteiger charge is -2.10. The molecule has 0 radical (unpaired) electrons. The van der Waals surface area contributed by atoms with Crippen molar-refractivity contribution >= 4 is 36.6 Å². The second-order valence-corrected chi connectivity index (χ2v) is 4.77. The molecule has 0 aliphatic heterocycles. The van der Waals surface area contributed by atoms with Crippen molar-refractivity contribution in [1.29, 1.82) is 0 Å². The van der Waals surface area contributed by atoms with Crippen LogP contribution in [0.5, 0.6) is 0 Å². The molecule has 32 heavy (non-hydrogen) atoms. The van der Waals surface area contributed by atoms with Crippen LogP contribution in [0.25, 0.3) is 0 Å². The molecule has 0 fully saturated rings. The average Bonchev–Trinajstić information content (AvgIpc) is 2.73. The molecule has 6 amide bonds. The summed E-state index contributed by atoms with van der Waals surface area (Å²) in [6, 6.07) is 0. The van der Waals surface area contributed by atoms with E-state index in [1.54, 1.807) is 6.92 Å². The Labute approximate surface area is 180 Å². The standard InChI is InChI=1S/C14H24N6O12/c1-3-28-10(22)16-5-18-12(24)30-8-32-14(26)20-6-19-13(25)31-7-29-11(23)17-4-15-9(21)27-2/h3-8H2,1-2H3,(H,15,21)(H,16,22)(H,17,23)(H,18,24)(H,19,25)(H,20,26). The molecule has 0 saturated carbocycles. The average molecular weight is 468 g/mol. The molecule has 0 aromatic heterocycles. The maximum atomic E-state index is 11.3. The highest BCUT2D eigenvalue weighted by Crippen LogP contribution is 1.84. The molecule has 0 saturated heterocycles. The van der Waals surface area contributed by atoms with Crippen LogP contribution in [0.3, 0.4) is 0 Å². The highest BCUT2D eigenvalue weighted by molar-refractivity contribution is 5.72. The number of nitrogens with one attached hydrogen (secondary N) is 6. The van der Waals surface area contributed by atoms with Gasteiger partial charge in [0.1, 0.15) is 0 Å². The molecular formula is C14H24N6O12. The summed E-state index contributed by atoms with van der Waals surface area (Å²) < 4.78 is 26.7. The fourth-order valence-corrected chi connectivity index (χ4v) is 1.30. The van der Waals surface area contributed by atoms with Gasteiger partial charge in [0, 0.05) is 0 Å². The normalized spacial score (nSPS) is 9.19. The van der Waals surface area contributed by atoms with Crippen LogP contribution in [0.1, 0.15) is 6.92 Å². The van der Waals surface area contributed by atoms with Gasteiger partial charge in [0.05, 0.1) is 33.7 Å². The van der Waals surface area contributed by atoms with Crippen molar-refractivity contribution in [2.24, 2.45) is 0 Å². The third kappa shape index (κ3) is 16.6. The number of methoxy groups -OCH3 is 1. The van der Waals surface area contributed by atoms with Gasteiger partial charge >= 0.3 is 36.6 Å². The first-order valence-electron chi connectivity index (χ1n) is 8.63. The largest absolute Gasteiger partial charge is 0.453 e. The van der Waals surface area contributed by atoms with Gasteiger partial charge in [0.15, 0.2) is 0 Å². The number of alkyl carbamates (subject to hydrolysis) is 6. The number of amides is 6. The fraction of sp³-hybridized carbons (Fsp3) is 0.571. The lowest BCUT2D eigenvalue weighted by atomic mass is 10.8. The van der Waals surface area contributed by atoms with E-state index < -0.39 is 56.8 Å². The summed E-state index contributed by atoms with van der Waals surface area (Å²) in [6.07, 6.45) is -5.58. The molecule has 6 N–H and O–H groups in total. The van der Waals surface area contributed by atoms with Crippen LogP contribution in [0, 0.1) is 0 Å². The van der Waals surface area contributed by atoms with Crippen LogP contribution >= 0.6 is 0 Å². The minimum atomic E-state index is -1.05. The van der Waals surface area contributed by atoms with Crippen molar-refractivity contribution in [3.63, 3.8) is 0 Å². The quantitative estimate of drug-likeness (QED) is 0.155. The Morgan fingerprint density at radius 2 is 0.781 bits per heavy atom. The van der Waals surface area contributed by atoms with Gasteiger partial charge in [-0.05, 0) is 6.92 Å². The van der Waals surface area contributed by atoms with Crippen molar-refractivity contribution in [3.05, 3.63) is 0 Å². The smallest absolute Gasteiger partial charge is 0.411 e. The molecule has 18 heteroatoms. The zero-order valence-electron chi connectivity index (χ0n) is 17.1. The van der Waals surface area contributed by atoms with Gasteiger partial charge in [0.25, 0.3) is 0 Å². The van der Waals surface area contributed by atoms with Gasteiger partial charge in [-0.25, -0.2) is 28.8 Å². The SMILES string of the molecule is CCOC(=O)NCNC(=O)OCOC(=O)NCNC(=O)OCOC(=O)NCNC(=O)OC. The van der Waals surface area contributed by atoms with Gasteiger partial charge < -0.3 is 60.3 Å². The summed E-state index contributed by atoms with van der Waals surface area (Å²) in [5, 5.41) is 12.7. The Kier molecular flexibility index (Phi) is 15.1. The van der Waals surface area contributed by atoms with Crippen molar-refractivity contribution in [2.75, 3.05) is 47.3 Å². The molecule has 0 bridgehead atoms. The molecule has 0 unspecified atom stereocenters. The second kappa shape index (κ2) is 17.5. The minimum Gasteiger partial charge on any atom is -0.453 e. The first-order valence-corrected chi connectivity index (χ1v) is 8.63. The predicted octanol–water partition coefficient (Wildman–Crippen LogP) is -1.22. The number of hydrogen-bond acceptors (Lipinski definition) is 12. The van der Waals surface area contributed by atoms with Gasteiger partial charge in [-0.15, -0.1) is 0 Å². The maximum absolute atomic E-state index is 11.3. The summed E-state index contributed by atoms with van der Waals surface area (Å²) in [6.45, 7) is -0.722. The summed E-state index contributed by atoms with van der Waals surface area (Å²) in [7, 11) is 1.14. The van der Waals surface area contributed by atoms with Crippen LogP contribution in [0.4, 0.5) is 28.8 Å². The summed E-state index contributed by atoms with van der Waals surface area (Å²) in [5.74, 6) is 0. The van der Waals surface area contributed by atoms with Crippen molar-refractivity contribution < 1.29 is 57.2 Å².